The molecule has 5 nitrogen and oxygen atoms in total. The van der Waals surface area contributed by atoms with E-state index in [1.165, 1.54) is 50.2 Å². The zero-order valence-corrected chi connectivity index (χ0v) is 13.2. The first kappa shape index (κ1) is 14.7. The predicted octanol–water partition coefficient (Wildman–Crippen LogP) is 1.95. The Bertz CT molecular complexity index is 642. The summed E-state index contributed by atoms with van der Waals surface area (Å²) in [6, 6.07) is 2.43. The van der Waals surface area contributed by atoms with Crippen LogP contribution in [0.25, 0.3) is 10.2 Å². The Morgan fingerprint density at radius 1 is 1.48 bits per heavy atom. The first-order valence-corrected chi connectivity index (χ1v) is 8.56. The highest BCUT2D eigenvalue weighted by Crippen LogP contribution is 2.14. The highest BCUT2D eigenvalue weighted by molar-refractivity contribution is 7.17. The van der Waals surface area contributed by atoms with Gasteiger partial charge in [-0.05, 0) is 50.3 Å². The van der Waals surface area contributed by atoms with E-state index < -0.39 is 0 Å². The maximum absolute atomic E-state index is 11.9. The number of aromatic nitrogens is 2. The molecule has 6 heteroatoms. The van der Waals surface area contributed by atoms with Gasteiger partial charge in [0.05, 0.1) is 12.1 Å². The maximum atomic E-state index is 11.9. The Balaban J connectivity index is 1.56. The minimum atomic E-state index is -0.0236. The van der Waals surface area contributed by atoms with Gasteiger partial charge in [0.1, 0.15) is 10.5 Å². The topological polar surface area (TPSA) is 61.0 Å². The summed E-state index contributed by atoms with van der Waals surface area (Å²) in [5.41, 5.74) is 0.780. The molecule has 3 rings (SSSR count). The first-order chi connectivity index (χ1) is 10.3. The van der Waals surface area contributed by atoms with E-state index in [0.29, 0.717) is 17.3 Å². The average molecular weight is 306 g/mol. The summed E-state index contributed by atoms with van der Waals surface area (Å²) in [5, 5.41) is 5.44. The van der Waals surface area contributed by atoms with Crippen LogP contribution in [0.15, 0.2) is 16.2 Å². The molecule has 0 radical (unpaired) electrons. The van der Waals surface area contributed by atoms with E-state index in [1.54, 1.807) is 0 Å². The number of rotatable bonds is 5. The van der Waals surface area contributed by atoms with E-state index in [0.717, 1.165) is 11.3 Å². The second-order valence-corrected chi connectivity index (χ2v) is 6.56. The molecular weight excluding hydrogens is 284 g/mol. The number of hydrogen-bond donors (Lipinski definition) is 2. The summed E-state index contributed by atoms with van der Waals surface area (Å²) in [6.45, 7) is 6.40. The Kier molecular flexibility index (Phi) is 4.67. The lowest BCUT2D eigenvalue weighted by molar-refractivity contribution is 0.197. The highest BCUT2D eigenvalue weighted by Gasteiger charge is 2.18. The van der Waals surface area contributed by atoms with E-state index in [1.807, 2.05) is 11.4 Å². The normalized spacial score (nSPS) is 17.6. The van der Waals surface area contributed by atoms with Gasteiger partial charge in [-0.1, -0.05) is 6.92 Å². The highest BCUT2D eigenvalue weighted by atomic mass is 32.1. The summed E-state index contributed by atoms with van der Waals surface area (Å²) in [5.74, 6) is 0.738. The van der Waals surface area contributed by atoms with Crippen LogP contribution in [-0.4, -0.2) is 40.5 Å². The molecule has 2 N–H and O–H groups in total. The van der Waals surface area contributed by atoms with Gasteiger partial charge in [0.15, 0.2) is 0 Å². The molecule has 0 aliphatic carbocycles. The fourth-order valence-corrected chi connectivity index (χ4v) is 3.65. The van der Waals surface area contributed by atoms with Crippen LogP contribution in [-0.2, 0) is 6.54 Å². The van der Waals surface area contributed by atoms with Crippen molar-refractivity contribution in [2.75, 3.05) is 19.6 Å². The lowest BCUT2D eigenvalue weighted by Gasteiger charge is -2.32. The van der Waals surface area contributed by atoms with Crippen LogP contribution >= 0.6 is 11.3 Å². The minimum Gasteiger partial charge on any atom is -0.308 e. The van der Waals surface area contributed by atoms with Gasteiger partial charge >= 0.3 is 0 Å². The summed E-state index contributed by atoms with van der Waals surface area (Å²) in [6.07, 6.45) is 3.57. The van der Waals surface area contributed by atoms with Crippen LogP contribution in [0.1, 0.15) is 32.0 Å². The van der Waals surface area contributed by atoms with Crippen LogP contribution in [0.4, 0.5) is 0 Å². The van der Waals surface area contributed by atoms with Crippen molar-refractivity contribution in [2.24, 2.45) is 0 Å². The monoisotopic (exact) mass is 306 g/mol. The van der Waals surface area contributed by atoms with Gasteiger partial charge in [0.25, 0.3) is 5.56 Å². The molecule has 114 valence electrons. The summed E-state index contributed by atoms with van der Waals surface area (Å²) in [7, 11) is 0. The van der Waals surface area contributed by atoms with Gasteiger partial charge in [0, 0.05) is 6.04 Å². The summed E-state index contributed by atoms with van der Waals surface area (Å²) >= 11 is 1.44. The average Bonchev–Trinajstić information content (AvgIpc) is 2.96. The molecule has 1 saturated heterocycles. The van der Waals surface area contributed by atoms with E-state index >= 15 is 0 Å². The third-order valence-electron chi connectivity index (χ3n) is 4.05. The zero-order chi connectivity index (χ0) is 14.7. The van der Waals surface area contributed by atoms with Crippen molar-refractivity contribution in [1.82, 2.24) is 20.2 Å². The summed E-state index contributed by atoms with van der Waals surface area (Å²) in [4.78, 5) is 21.8. The Hall–Kier alpha value is -1.24. The van der Waals surface area contributed by atoms with E-state index in [2.05, 4.69) is 27.1 Å². The quantitative estimate of drug-likeness (QED) is 0.886. The van der Waals surface area contributed by atoms with Gasteiger partial charge in [-0.25, -0.2) is 4.98 Å². The van der Waals surface area contributed by atoms with E-state index in [-0.39, 0.29) is 5.56 Å². The number of hydrogen-bond acceptors (Lipinski definition) is 5. The van der Waals surface area contributed by atoms with Gasteiger partial charge in [-0.15, -0.1) is 11.3 Å². The maximum Gasteiger partial charge on any atom is 0.268 e. The van der Waals surface area contributed by atoms with Crippen molar-refractivity contribution >= 4 is 21.6 Å². The molecule has 0 atom stereocenters. The minimum absolute atomic E-state index is 0.0236. The third kappa shape index (κ3) is 3.51. The number of nitrogens with one attached hydrogen (secondary N) is 2. The van der Waals surface area contributed by atoms with E-state index in [4.69, 9.17) is 0 Å². The SMILES string of the molecule is CCCN1CCC(NCc2nc3ccsc3c(=O)[nH]2)CC1. The number of likely N-dealkylation sites (tertiary alicyclic amines) is 1. The molecule has 1 aliphatic rings. The molecule has 3 heterocycles. The lowest BCUT2D eigenvalue weighted by Crippen LogP contribution is -2.42. The van der Waals surface area contributed by atoms with Crippen LogP contribution in [0, 0.1) is 0 Å². The molecule has 21 heavy (non-hydrogen) atoms. The second-order valence-electron chi connectivity index (χ2n) is 5.64. The fraction of sp³-hybridized carbons (Fsp3) is 0.600. The molecule has 0 aromatic carbocycles. The van der Waals surface area contributed by atoms with Crippen molar-refractivity contribution < 1.29 is 0 Å². The Morgan fingerprint density at radius 2 is 2.29 bits per heavy atom. The third-order valence-corrected chi connectivity index (χ3v) is 4.95. The molecule has 0 spiro atoms. The zero-order valence-electron chi connectivity index (χ0n) is 12.4. The van der Waals surface area contributed by atoms with Crippen LogP contribution < -0.4 is 10.9 Å². The van der Waals surface area contributed by atoms with Crippen molar-refractivity contribution in [2.45, 2.75) is 38.8 Å². The molecule has 0 amide bonds. The molecular formula is C15H22N4OS. The van der Waals surface area contributed by atoms with Crippen molar-refractivity contribution in [3.63, 3.8) is 0 Å². The fourth-order valence-electron chi connectivity index (χ4n) is 2.92. The number of nitrogens with zero attached hydrogens (tertiary/aromatic N) is 2. The van der Waals surface area contributed by atoms with Gasteiger partial charge in [-0.3, -0.25) is 4.79 Å². The molecule has 2 aromatic heterocycles. The molecule has 1 aliphatic heterocycles. The van der Waals surface area contributed by atoms with E-state index in [9.17, 15) is 4.79 Å². The number of aromatic amines is 1. The Labute approximate surface area is 128 Å². The summed E-state index contributed by atoms with van der Waals surface area (Å²) < 4.78 is 0.714. The smallest absolute Gasteiger partial charge is 0.268 e. The molecule has 0 bridgehead atoms. The lowest BCUT2D eigenvalue weighted by atomic mass is 10.0. The van der Waals surface area contributed by atoms with Crippen molar-refractivity contribution in [3.05, 3.63) is 27.6 Å². The molecule has 2 aromatic rings. The van der Waals surface area contributed by atoms with Crippen LogP contribution in [0.3, 0.4) is 0 Å². The standard InChI is InChI=1S/C15H22N4OS/c1-2-6-19-7-3-11(4-8-19)16-10-13-17-12-5-9-21-14(12)15(20)18-13/h5,9,11,16H,2-4,6-8,10H2,1H3,(H,17,18,20). The second kappa shape index (κ2) is 6.68. The van der Waals surface area contributed by atoms with Gasteiger partial charge in [0.2, 0.25) is 0 Å². The molecule has 1 fully saturated rings. The van der Waals surface area contributed by atoms with Gasteiger partial charge in [-0.2, -0.15) is 0 Å². The number of piperidine rings is 1. The number of fused-ring (bicyclic) bond motifs is 1. The van der Waals surface area contributed by atoms with Crippen molar-refractivity contribution in [3.8, 4) is 0 Å². The first-order valence-electron chi connectivity index (χ1n) is 7.68. The molecule has 0 saturated carbocycles. The van der Waals surface area contributed by atoms with Crippen LogP contribution in [0.5, 0.6) is 0 Å². The molecule has 0 unspecified atom stereocenters. The predicted molar refractivity (Wildman–Crippen MR) is 86.8 cm³/mol. The van der Waals surface area contributed by atoms with Crippen molar-refractivity contribution in [1.29, 1.82) is 0 Å². The number of H-pyrrole nitrogens is 1. The Morgan fingerprint density at radius 3 is 3.05 bits per heavy atom. The largest absolute Gasteiger partial charge is 0.308 e. The van der Waals surface area contributed by atoms with Crippen LogP contribution in [0.2, 0.25) is 0 Å². The number of thiophene rings is 1. The van der Waals surface area contributed by atoms with Gasteiger partial charge < -0.3 is 15.2 Å².